The first kappa shape index (κ1) is 13.3. The van der Waals surface area contributed by atoms with Gasteiger partial charge in [-0.15, -0.1) is 0 Å². The predicted octanol–water partition coefficient (Wildman–Crippen LogP) is 2.13. The Morgan fingerprint density at radius 1 is 1.19 bits per heavy atom. The van der Waals surface area contributed by atoms with Crippen molar-refractivity contribution in [3.8, 4) is 0 Å². The summed E-state index contributed by atoms with van der Waals surface area (Å²) >= 11 is 6.16. The molecule has 0 aromatic heterocycles. The van der Waals surface area contributed by atoms with Crippen LogP contribution in [-0.4, -0.2) is 22.2 Å². The number of Topliss-reactive ketones (excluding diaryl/α,β-unsaturated/α-hetero) is 2. The molecule has 0 spiro atoms. The van der Waals surface area contributed by atoms with E-state index < -0.39 is 0 Å². The molecule has 6 heteroatoms. The van der Waals surface area contributed by atoms with E-state index in [1.807, 2.05) is 0 Å². The minimum Gasteiger partial charge on any atom is -0.323 e. The van der Waals surface area contributed by atoms with E-state index in [9.17, 15) is 9.59 Å². The lowest BCUT2D eigenvalue weighted by Gasteiger charge is -2.10. The molecular formula is C10H10Br2N2O2. The number of carbonyl (C=O) groups is 2. The second-order valence-corrected chi connectivity index (χ2v) is 4.11. The predicted molar refractivity (Wildman–Crippen MR) is 70.5 cm³/mol. The number of nitrogens with two attached hydrogens (primary N) is 1. The highest BCUT2D eigenvalue weighted by atomic mass is 79.9. The summed E-state index contributed by atoms with van der Waals surface area (Å²) in [5, 5.41) is 0.317. The zero-order valence-corrected chi connectivity index (χ0v) is 11.5. The number of nitrogen functional groups attached to an aromatic ring is 1. The van der Waals surface area contributed by atoms with Crippen molar-refractivity contribution in [2.24, 2.45) is 5.84 Å². The molecule has 0 saturated carbocycles. The number of anilines is 1. The van der Waals surface area contributed by atoms with Crippen LogP contribution >= 0.6 is 31.9 Å². The molecule has 0 heterocycles. The number of hydrogen-bond acceptors (Lipinski definition) is 4. The van der Waals surface area contributed by atoms with Crippen molar-refractivity contribution in [1.82, 2.24) is 0 Å². The quantitative estimate of drug-likeness (QED) is 0.369. The zero-order valence-electron chi connectivity index (χ0n) is 8.30. The van der Waals surface area contributed by atoms with Crippen LogP contribution in [0.4, 0.5) is 5.69 Å². The van der Waals surface area contributed by atoms with Crippen LogP contribution in [0.3, 0.4) is 0 Å². The summed E-state index contributed by atoms with van der Waals surface area (Å²) < 4.78 is 0. The Kier molecular flexibility index (Phi) is 5.11. The fourth-order valence-electron chi connectivity index (χ4n) is 1.34. The van der Waals surface area contributed by atoms with Gasteiger partial charge in [-0.3, -0.25) is 15.4 Å². The molecule has 3 N–H and O–H groups in total. The van der Waals surface area contributed by atoms with E-state index in [0.717, 1.165) is 0 Å². The maximum absolute atomic E-state index is 11.7. The smallest absolute Gasteiger partial charge is 0.176 e. The highest BCUT2D eigenvalue weighted by Crippen LogP contribution is 2.21. The Bertz CT molecular complexity index is 421. The summed E-state index contributed by atoms with van der Waals surface area (Å²) in [7, 11) is 0. The number of rotatable bonds is 5. The van der Waals surface area contributed by atoms with Gasteiger partial charge in [-0.1, -0.05) is 44.0 Å². The van der Waals surface area contributed by atoms with E-state index in [1.165, 1.54) is 0 Å². The molecule has 0 bridgehead atoms. The molecule has 0 radical (unpaired) electrons. The zero-order chi connectivity index (χ0) is 12.1. The molecule has 86 valence electrons. The van der Waals surface area contributed by atoms with Gasteiger partial charge >= 0.3 is 0 Å². The van der Waals surface area contributed by atoms with E-state index >= 15 is 0 Å². The molecule has 1 rings (SSSR count). The molecule has 1 aromatic rings. The van der Waals surface area contributed by atoms with Crippen molar-refractivity contribution in [2.45, 2.75) is 0 Å². The number of ketones is 2. The highest BCUT2D eigenvalue weighted by Gasteiger charge is 2.18. The van der Waals surface area contributed by atoms with Crippen LogP contribution in [-0.2, 0) is 0 Å². The van der Waals surface area contributed by atoms with Gasteiger partial charge in [0.2, 0.25) is 0 Å². The minimum atomic E-state index is -0.183. The van der Waals surface area contributed by atoms with Gasteiger partial charge in [0.1, 0.15) is 0 Å². The lowest BCUT2D eigenvalue weighted by molar-refractivity contribution is 0.0988. The third-order valence-electron chi connectivity index (χ3n) is 2.04. The number of carbonyl (C=O) groups excluding carboxylic acids is 2. The first-order chi connectivity index (χ1) is 7.65. The van der Waals surface area contributed by atoms with Gasteiger partial charge in [0, 0.05) is 5.56 Å². The first-order valence-electron chi connectivity index (χ1n) is 4.43. The molecular weight excluding hydrogens is 340 g/mol. The number of nitrogens with one attached hydrogen (secondary N) is 1. The van der Waals surface area contributed by atoms with Crippen LogP contribution < -0.4 is 11.3 Å². The summed E-state index contributed by atoms with van der Waals surface area (Å²) in [6, 6.07) is 4.94. The number of benzene rings is 1. The fraction of sp³-hybridized carbons (Fsp3) is 0.200. The molecule has 16 heavy (non-hydrogen) atoms. The average Bonchev–Trinajstić information content (AvgIpc) is 2.35. The van der Waals surface area contributed by atoms with Gasteiger partial charge in [-0.2, -0.15) is 0 Å². The Hall–Kier alpha value is -0.720. The van der Waals surface area contributed by atoms with E-state index in [4.69, 9.17) is 5.84 Å². The van der Waals surface area contributed by atoms with Gasteiger partial charge in [0.25, 0.3) is 0 Å². The molecule has 0 aliphatic carbocycles. The van der Waals surface area contributed by atoms with Crippen LogP contribution in [0.5, 0.6) is 0 Å². The van der Waals surface area contributed by atoms with Crippen molar-refractivity contribution < 1.29 is 9.59 Å². The molecule has 0 fully saturated rings. The highest BCUT2D eigenvalue weighted by molar-refractivity contribution is 9.09. The van der Waals surface area contributed by atoms with Gasteiger partial charge in [0.15, 0.2) is 11.6 Å². The van der Waals surface area contributed by atoms with E-state index in [0.29, 0.717) is 16.8 Å². The SMILES string of the molecule is NNc1cccc(C(=O)CBr)c1C(=O)CBr. The Balaban J connectivity index is 3.37. The van der Waals surface area contributed by atoms with E-state index in [-0.39, 0.29) is 22.2 Å². The molecule has 1 aromatic carbocycles. The fourth-order valence-corrected chi connectivity index (χ4v) is 1.93. The van der Waals surface area contributed by atoms with Gasteiger partial charge in [-0.05, 0) is 6.07 Å². The number of alkyl halides is 2. The normalized spacial score (nSPS) is 9.94. The van der Waals surface area contributed by atoms with Crippen molar-refractivity contribution in [3.63, 3.8) is 0 Å². The molecule has 0 atom stereocenters. The Morgan fingerprint density at radius 3 is 2.31 bits per heavy atom. The standard InChI is InChI=1S/C10H10Br2N2O2/c11-4-8(15)6-2-1-3-7(14-13)10(6)9(16)5-12/h1-3,14H,4-5,13H2. The maximum Gasteiger partial charge on any atom is 0.176 e. The maximum atomic E-state index is 11.7. The van der Waals surface area contributed by atoms with E-state index in [1.54, 1.807) is 18.2 Å². The van der Waals surface area contributed by atoms with Crippen LogP contribution in [0.1, 0.15) is 20.7 Å². The summed E-state index contributed by atoms with van der Waals surface area (Å²) in [5.74, 6) is 4.98. The van der Waals surface area contributed by atoms with Crippen molar-refractivity contribution in [1.29, 1.82) is 0 Å². The van der Waals surface area contributed by atoms with Crippen LogP contribution in [0, 0.1) is 0 Å². The lowest BCUT2D eigenvalue weighted by atomic mass is 9.99. The molecule has 0 aliphatic rings. The Morgan fingerprint density at radius 2 is 1.81 bits per heavy atom. The molecule has 0 unspecified atom stereocenters. The van der Waals surface area contributed by atoms with Gasteiger partial charge in [-0.25, -0.2) is 0 Å². The minimum absolute atomic E-state index is 0.147. The van der Waals surface area contributed by atoms with Crippen LogP contribution in [0.25, 0.3) is 0 Å². The van der Waals surface area contributed by atoms with Crippen LogP contribution in [0.15, 0.2) is 18.2 Å². The van der Waals surface area contributed by atoms with Crippen molar-refractivity contribution in [3.05, 3.63) is 29.3 Å². The molecule has 4 nitrogen and oxygen atoms in total. The van der Waals surface area contributed by atoms with Gasteiger partial charge < -0.3 is 5.43 Å². The first-order valence-corrected chi connectivity index (χ1v) is 6.68. The Labute approximate surface area is 110 Å². The number of hydrogen-bond donors (Lipinski definition) is 2. The third-order valence-corrected chi connectivity index (χ3v) is 3.06. The number of halogens is 2. The number of hydrazine groups is 1. The summed E-state index contributed by atoms with van der Waals surface area (Å²) in [5.41, 5.74) is 3.57. The summed E-state index contributed by atoms with van der Waals surface area (Å²) in [4.78, 5) is 23.4. The van der Waals surface area contributed by atoms with Crippen molar-refractivity contribution >= 4 is 49.1 Å². The molecule has 0 amide bonds. The van der Waals surface area contributed by atoms with Crippen molar-refractivity contribution in [2.75, 3.05) is 16.1 Å². The van der Waals surface area contributed by atoms with E-state index in [2.05, 4.69) is 37.3 Å². The largest absolute Gasteiger partial charge is 0.323 e. The third kappa shape index (κ3) is 2.69. The van der Waals surface area contributed by atoms with Gasteiger partial charge in [0.05, 0.1) is 21.9 Å². The summed E-state index contributed by atoms with van der Waals surface area (Å²) in [6.07, 6.45) is 0. The van der Waals surface area contributed by atoms with Crippen LogP contribution in [0.2, 0.25) is 0 Å². The lowest BCUT2D eigenvalue weighted by Crippen LogP contribution is -2.17. The summed E-state index contributed by atoms with van der Waals surface area (Å²) in [6.45, 7) is 0. The second kappa shape index (κ2) is 6.12. The molecule has 0 aliphatic heterocycles. The topological polar surface area (TPSA) is 72.2 Å². The average molecular weight is 350 g/mol. The second-order valence-electron chi connectivity index (χ2n) is 2.99. The monoisotopic (exact) mass is 348 g/mol. The molecule has 0 saturated heterocycles.